The topological polar surface area (TPSA) is 141 Å². The maximum absolute atomic E-state index is 14.1. The molecule has 0 saturated heterocycles. The maximum atomic E-state index is 14.1. The molecule has 1 aliphatic rings. The number of fused-ring (bicyclic) bond motifs is 1. The van der Waals surface area contributed by atoms with Gasteiger partial charge in [-0.05, 0) is 74.1 Å². The summed E-state index contributed by atoms with van der Waals surface area (Å²) < 4.78 is 0. The molecular formula is C34H45ClN6O4. The fourth-order valence-electron chi connectivity index (χ4n) is 5.64. The molecule has 3 atom stereocenters. The Morgan fingerprint density at radius 2 is 1.76 bits per heavy atom. The Balaban J connectivity index is 0.00000552. The first kappa shape index (κ1) is 35.3. The van der Waals surface area contributed by atoms with Crippen LogP contribution in [0.3, 0.4) is 0 Å². The van der Waals surface area contributed by atoms with Gasteiger partial charge in [0.2, 0.25) is 17.7 Å². The van der Waals surface area contributed by atoms with Crippen molar-refractivity contribution in [1.29, 1.82) is 0 Å². The van der Waals surface area contributed by atoms with E-state index in [0.29, 0.717) is 12.8 Å². The number of amides is 3. The molecule has 3 amide bonds. The first-order chi connectivity index (χ1) is 21.1. The van der Waals surface area contributed by atoms with E-state index in [1.165, 1.54) is 12.1 Å². The summed E-state index contributed by atoms with van der Waals surface area (Å²) >= 11 is 0. The molecule has 0 radical (unpaired) electrons. The zero-order valence-corrected chi connectivity index (χ0v) is 27.2. The average molecular weight is 637 g/mol. The molecular weight excluding hydrogens is 592 g/mol. The van der Waals surface area contributed by atoms with E-state index in [2.05, 4.69) is 34.4 Å². The van der Waals surface area contributed by atoms with Gasteiger partial charge in [0.1, 0.15) is 17.8 Å². The van der Waals surface area contributed by atoms with Crippen molar-refractivity contribution in [1.82, 2.24) is 15.6 Å². The standard InChI is InChI=1S/C34H44N6O4.ClH/c1-5-39(6-2)30-12-9-10-24-20-29(34(44)40(31(24)30)21-25-11-7-8-17-36-25)38-33(43)28(18-22(3)4)37-32(42)27(35)19-23-13-15-26(41)16-14-23;/h7-17,22,27-29,41H,5-6,18-21,35H2,1-4H3,(H,37,42)(H,38,43);1H/t27-,28-,29?;/m1./s1. The molecule has 2 heterocycles. The lowest BCUT2D eigenvalue weighted by atomic mass is 9.94. The van der Waals surface area contributed by atoms with E-state index in [0.717, 1.165) is 41.3 Å². The van der Waals surface area contributed by atoms with Crippen LogP contribution in [0, 0.1) is 5.92 Å². The van der Waals surface area contributed by atoms with Crippen molar-refractivity contribution in [2.45, 2.75) is 71.6 Å². The van der Waals surface area contributed by atoms with Crippen LogP contribution in [0.2, 0.25) is 0 Å². The van der Waals surface area contributed by atoms with Gasteiger partial charge >= 0.3 is 0 Å². The number of nitrogens with one attached hydrogen (secondary N) is 2. The highest BCUT2D eigenvalue weighted by Crippen LogP contribution is 2.38. The van der Waals surface area contributed by atoms with E-state index < -0.39 is 29.9 Å². The number of halogens is 1. The maximum Gasteiger partial charge on any atom is 0.250 e. The highest BCUT2D eigenvalue weighted by atomic mass is 35.5. The second-order valence-corrected chi connectivity index (χ2v) is 11.6. The number of rotatable bonds is 13. The van der Waals surface area contributed by atoms with Gasteiger partial charge in [-0.25, -0.2) is 0 Å². The second-order valence-electron chi connectivity index (χ2n) is 11.6. The molecule has 1 unspecified atom stereocenters. The van der Waals surface area contributed by atoms with Gasteiger partial charge in [0.15, 0.2) is 0 Å². The SMILES string of the molecule is CCN(CC)c1cccc2c1N(Cc1ccccn1)C(=O)C(NC(=O)[C@@H](CC(C)C)NC(=O)[C@H](N)Cc1ccc(O)cc1)C2.Cl. The van der Waals surface area contributed by atoms with E-state index >= 15 is 0 Å². The minimum absolute atomic E-state index is 0. The Kier molecular flexibility index (Phi) is 12.8. The van der Waals surface area contributed by atoms with E-state index in [1.807, 2.05) is 50.2 Å². The number of carbonyl (C=O) groups is 3. The number of anilines is 2. The van der Waals surface area contributed by atoms with Crippen molar-refractivity contribution in [3.63, 3.8) is 0 Å². The molecule has 2 aromatic carbocycles. The van der Waals surface area contributed by atoms with Gasteiger partial charge in [0.25, 0.3) is 0 Å². The zero-order chi connectivity index (χ0) is 31.8. The van der Waals surface area contributed by atoms with Crippen molar-refractivity contribution in [3.05, 3.63) is 83.7 Å². The number of para-hydroxylation sites is 1. The number of pyridine rings is 1. The fraction of sp³-hybridized carbons (Fsp3) is 0.412. The van der Waals surface area contributed by atoms with Crippen LogP contribution >= 0.6 is 12.4 Å². The van der Waals surface area contributed by atoms with Crippen molar-refractivity contribution in [2.24, 2.45) is 11.7 Å². The zero-order valence-electron chi connectivity index (χ0n) is 26.4. The Bertz CT molecular complexity index is 1430. The van der Waals surface area contributed by atoms with Gasteiger partial charge in [-0.2, -0.15) is 0 Å². The number of aromatic nitrogens is 1. The number of nitrogens with two attached hydrogens (primary N) is 1. The van der Waals surface area contributed by atoms with Crippen LogP contribution in [0.5, 0.6) is 5.75 Å². The summed E-state index contributed by atoms with van der Waals surface area (Å²) in [7, 11) is 0. The molecule has 0 spiro atoms. The highest BCUT2D eigenvalue weighted by molar-refractivity contribution is 6.05. The quantitative estimate of drug-likeness (QED) is 0.224. The molecule has 0 bridgehead atoms. The predicted octanol–water partition coefficient (Wildman–Crippen LogP) is 3.73. The number of phenolic OH excluding ortho intramolecular Hbond substituents is 1. The summed E-state index contributed by atoms with van der Waals surface area (Å²) in [6, 6.07) is 15.5. The summed E-state index contributed by atoms with van der Waals surface area (Å²) in [6.07, 6.45) is 2.66. The van der Waals surface area contributed by atoms with Crippen molar-refractivity contribution in [2.75, 3.05) is 22.9 Å². The van der Waals surface area contributed by atoms with Crippen LogP contribution in [-0.2, 0) is 33.8 Å². The molecule has 11 heteroatoms. The third kappa shape index (κ3) is 8.95. The summed E-state index contributed by atoms with van der Waals surface area (Å²) in [6.45, 7) is 9.92. The summed E-state index contributed by atoms with van der Waals surface area (Å²) in [4.78, 5) is 49.3. The number of hydrogen-bond acceptors (Lipinski definition) is 7. The molecule has 10 nitrogen and oxygen atoms in total. The Morgan fingerprint density at radius 3 is 2.38 bits per heavy atom. The van der Waals surface area contributed by atoms with Gasteiger partial charge in [0.05, 0.1) is 29.7 Å². The number of benzene rings is 2. The minimum atomic E-state index is -0.891. The lowest BCUT2D eigenvalue weighted by Gasteiger charge is -2.38. The number of hydrogen-bond donors (Lipinski definition) is 4. The number of phenols is 1. The van der Waals surface area contributed by atoms with Gasteiger partial charge in [-0.15, -0.1) is 12.4 Å². The molecule has 0 fully saturated rings. The Morgan fingerprint density at radius 1 is 1.04 bits per heavy atom. The molecule has 3 aromatic rings. The van der Waals surface area contributed by atoms with E-state index in [9.17, 15) is 19.5 Å². The average Bonchev–Trinajstić information content (AvgIpc) is 3.00. The lowest BCUT2D eigenvalue weighted by Crippen LogP contribution is -2.58. The number of aromatic hydroxyl groups is 1. The van der Waals surface area contributed by atoms with Crippen LogP contribution in [0.15, 0.2) is 66.9 Å². The lowest BCUT2D eigenvalue weighted by molar-refractivity contribution is -0.132. The second kappa shape index (κ2) is 16.2. The fourth-order valence-corrected chi connectivity index (χ4v) is 5.64. The third-order valence-corrected chi connectivity index (χ3v) is 7.89. The van der Waals surface area contributed by atoms with Crippen LogP contribution in [0.25, 0.3) is 0 Å². The molecule has 5 N–H and O–H groups in total. The van der Waals surface area contributed by atoms with Gasteiger partial charge in [-0.1, -0.05) is 44.2 Å². The van der Waals surface area contributed by atoms with E-state index in [4.69, 9.17) is 5.73 Å². The molecule has 242 valence electrons. The number of nitrogens with zero attached hydrogens (tertiary/aromatic N) is 3. The van der Waals surface area contributed by atoms with Crippen LogP contribution in [0.1, 0.15) is 50.9 Å². The smallest absolute Gasteiger partial charge is 0.250 e. The molecule has 1 aromatic heterocycles. The van der Waals surface area contributed by atoms with E-state index in [1.54, 1.807) is 23.2 Å². The largest absolute Gasteiger partial charge is 0.508 e. The highest BCUT2D eigenvalue weighted by Gasteiger charge is 2.37. The first-order valence-corrected chi connectivity index (χ1v) is 15.3. The minimum Gasteiger partial charge on any atom is -0.508 e. The molecule has 0 saturated carbocycles. The first-order valence-electron chi connectivity index (χ1n) is 15.3. The summed E-state index contributed by atoms with van der Waals surface area (Å²) in [5.74, 6) is -0.888. The van der Waals surface area contributed by atoms with Gasteiger partial charge < -0.3 is 31.3 Å². The third-order valence-electron chi connectivity index (χ3n) is 7.89. The van der Waals surface area contributed by atoms with Gasteiger partial charge in [-0.3, -0.25) is 19.4 Å². The van der Waals surface area contributed by atoms with Crippen molar-refractivity contribution < 1.29 is 19.5 Å². The summed E-state index contributed by atoms with van der Waals surface area (Å²) in [5, 5.41) is 15.3. The number of carbonyl (C=O) groups excluding carboxylic acids is 3. The Labute approximate surface area is 271 Å². The molecule has 1 aliphatic heterocycles. The molecule has 0 aliphatic carbocycles. The van der Waals surface area contributed by atoms with Crippen LogP contribution in [-0.4, -0.2) is 59.0 Å². The summed E-state index contributed by atoms with van der Waals surface area (Å²) in [5.41, 5.74) is 10.5. The monoisotopic (exact) mass is 636 g/mol. The van der Waals surface area contributed by atoms with E-state index in [-0.39, 0.29) is 42.9 Å². The Hall–Kier alpha value is -4.15. The van der Waals surface area contributed by atoms with Crippen molar-refractivity contribution in [3.8, 4) is 5.75 Å². The predicted molar refractivity (Wildman–Crippen MR) is 179 cm³/mol. The van der Waals surface area contributed by atoms with Crippen molar-refractivity contribution >= 4 is 41.5 Å². The normalized spacial score (nSPS) is 15.5. The molecule has 4 rings (SSSR count). The van der Waals surface area contributed by atoms with Crippen LogP contribution in [0.4, 0.5) is 11.4 Å². The van der Waals surface area contributed by atoms with Crippen LogP contribution < -0.4 is 26.2 Å². The molecule has 45 heavy (non-hydrogen) atoms. The van der Waals surface area contributed by atoms with Gasteiger partial charge in [0, 0.05) is 25.7 Å².